The summed E-state index contributed by atoms with van der Waals surface area (Å²) in [5.41, 5.74) is 4.15. The van der Waals surface area contributed by atoms with Gasteiger partial charge in [0.05, 0.1) is 21.9 Å². The molecule has 172 valence electrons. The standard InChI is InChI=1S/C26H29ClN4O2/c1-6-18-7-9-22-20(15-18)24(29-17(2)28-22)19-8-10-23(21(27)16-19)30-11-13-31(14-12-30)25(32)33-26(3,4)5/h6-10,15-16H,1,11-14H2,2-5H3. The summed E-state index contributed by atoms with van der Waals surface area (Å²) < 4.78 is 5.49. The number of aromatic nitrogens is 2. The van der Waals surface area contributed by atoms with Gasteiger partial charge in [-0.1, -0.05) is 36.4 Å². The van der Waals surface area contributed by atoms with E-state index in [1.54, 1.807) is 4.90 Å². The Kier molecular flexibility index (Phi) is 6.30. The van der Waals surface area contributed by atoms with Crippen LogP contribution in [0.15, 0.2) is 43.0 Å². The average molecular weight is 465 g/mol. The van der Waals surface area contributed by atoms with Crippen LogP contribution in [0.25, 0.3) is 28.2 Å². The predicted molar refractivity (Wildman–Crippen MR) is 135 cm³/mol. The van der Waals surface area contributed by atoms with E-state index in [2.05, 4.69) is 22.5 Å². The zero-order chi connectivity index (χ0) is 23.8. The van der Waals surface area contributed by atoms with Crippen LogP contribution in [0.3, 0.4) is 0 Å². The Hall–Kier alpha value is -3.12. The summed E-state index contributed by atoms with van der Waals surface area (Å²) in [7, 11) is 0. The Labute approximate surface area is 199 Å². The molecule has 1 aromatic heterocycles. The predicted octanol–water partition coefficient (Wildman–Crippen LogP) is 5.96. The number of nitrogens with zero attached hydrogens (tertiary/aromatic N) is 4. The molecule has 0 bridgehead atoms. The van der Waals surface area contributed by atoms with Gasteiger partial charge in [-0.25, -0.2) is 14.8 Å². The fourth-order valence-electron chi connectivity index (χ4n) is 3.98. The molecule has 33 heavy (non-hydrogen) atoms. The van der Waals surface area contributed by atoms with Crippen molar-refractivity contribution in [1.29, 1.82) is 0 Å². The normalized spacial score (nSPS) is 14.5. The Morgan fingerprint density at radius 3 is 2.45 bits per heavy atom. The van der Waals surface area contributed by atoms with Crippen LogP contribution in [-0.4, -0.2) is 52.7 Å². The van der Waals surface area contributed by atoms with E-state index in [1.165, 1.54) is 0 Å². The first-order valence-corrected chi connectivity index (χ1v) is 11.5. The molecule has 3 aromatic rings. The van der Waals surface area contributed by atoms with E-state index in [-0.39, 0.29) is 6.09 Å². The summed E-state index contributed by atoms with van der Waals surface area (Å²) in [4.78, 5) is 25.6. The second kappa shape index (κ2) is 9.02. The minimum atomic E-state index is -0.497. The Morgan fingerprint density at radius 1 is 1.09 bits per heavy atom. The van der Waals surface area contributed by atoms with Crippen LogP contribution < -0.4 is 4.90 Å². The molecule has 0 spiro atoms. The molecule has 0 saturated carbocycles. The Morgan fingerprint density at radius 2 is 1.82 bits per heavy atom. The highest BCUT2D eigenvalue weighted by Gasteiger charge is 2.26. The number of hydrogen-bond donors (Lipinski definition) is 0. The van der Waals surface area contributed by atoms with Crippen molar-refractivity contribution in [3.05, 3.63) is 59.4 Å². The van der Waals surface area contributed by atoms with E-state index in [0.717, 1.165) is 33.4 Å². The summed E-state index contributed by atoms with van der Waals surface area (Å²) >= 11 is 6.74. The van der Waals surface area contributed by atoms with Crippen molar-refractivity contribution in [1.82, 2.24) is 14.9 Å². The number of fused-ring (bicyclic) bond motifs is 1. The highest BCUT2D eigenvalue weighted by Crippen LogP contribution is 2.34. The molecular weight excluding hydrogens is 436 g/mol. The molecule has 0 radical (unpaired) electrons. The van der Waals surface area contributed by atoms with Gasteiger partial charge in [-0.15, -0.1) is 0 Å². The molecule has 2 aromatic carbocycles. The number of carbonyl (C=O) groups excluding carboxylic acids is 1. The number of halogens is 1. The molecule has 1 aliphatic rings. The lowest BCUT2D eigenvalue weighted by Crippen LogP contribution is -2.50. The van der Waals surface area contributed by atoms with Crippen molar-refractivity contribution in [2.75, 3.05) is 31.1 Å². The van der Waals surface area contributed by atoms with Crippen LogP contribution in [0.4, 0.5) is 10.5 Å². The molecule has 0 N–H and O–H groups in total. The molecular formula is C26H29ClN4O2. The van der Waals surface area contributed by atoms with Gasteiger partial charge < -0.3 is 14.5 Å². The monoisotopic (exact) mass is 464 g/mol. The fraction of sp³-hybridized carbons (Fsp3) is 0.346. The molecule has 0 unspecified atom stereocenters. The average Bonchev–Trinajstić information content (AvgIpc) is 2.77. The van der Waals surface area contributed by atoms with Gasteiger partial charge in [0.2, 0.25) is 0 Å². The second-order valence-corrected chi connectivity index (χ2v) is 9.63. The first kappa shape index (κ1) is 23.1. The number of carbonyl (C=O) groups is 1. The van der Waals surface area contributed by atoms with Crippen LogP contribution >= 0.6 is 11.6 Å². The van der Waals surface area contributed by atoms with Crippen molar-refractivity contribution in [2.24, 2.45) is 0 Å². The number of amides is 1. The van der Waals surface area contributed by atoms with Crippen molar-refractivity contribution >= 4 is 40.4 Å². The maximum Gasteiger partial charge on any atom is 0.410 e. The van der Waals surface area contributed by atoms with Crippen LogP contribution in [0.2, 0.25) is 5.02 Å². The lowest BCUT2D eigenvalue weighted by atomic mass is 10.0. The van der Waals surface area contributed by atoms with Crippen LogP contribution in [-0.2, 0) is 4.74 Å². The third kappa shape index (κ3) is 5.11. The first-order valence-electron chi connectivity index (χ1n) is 11.1. The van der Waals surface area contributed by atoms with Gasteiger partial charge in [-0.05, 0) is 57.5 Å². The lowest BCUT2D eigenvalue weighted by molar-refractivity contribution is 0.0240. The molecule has 1 fully saturated rings. The number of ether oxygens (including phenoxy) is 1. The largest absolute Gasteiger partial charge is 0.444 e. The third-order valence-corrected chi connectivity index (χ3v) is 5.86. The number of piperazine rings is 1. The lowest BCUT2D eigenvalue weighted by Gasteiger charge is -2.37. The number of aryl methyl sites for hydroxylation is 1. The van der Waals surface area contributed by atoms with E-state index in [4.69, 9.17) is 21.3 Å². The second-order valence-electron chi connectivity index (χ2n) is 9.22. The molecule has 7 heteroatoms. The number of anilines is 1. The van der Waals surface area contributed by atoms with Gasteiger partial charge >= 0.3 is 6.09 Å². The molecule has 1 amide bonds. The van der Waals surface area contributed by atoms with Crippen molar-refractivity contribution in [3.8, 4) is 11.3 Å². The van der Waals surface area contributed by atoms with Gasteiger partial charge in [-0.2, -0.15) is 0 Å². The summed E-state index contributed by atoms with van der Waals surface area (Å²) in [5.74, 6) is 0.710. The Bertz CT molecular complexity index is 1210. The molecule has 6 nitrogen and oxygen atoms in total. The maximum absolute atomic E-state index is 12.3. The van der Waals surface area contributed by atoms with Crippen molar-refractivity contribution in [2.45, 2.75) is 33.3 Å². The van der Waals surface area contributed by atoms with E-state index >= 15 is 0 Å². The maximum atomic E-state index is 12.3. The minimum Gasteiger partial charge on any atom is -0.444 e. The Balaban J connectivity index is 1.57. The quantitative estimate of drug-likeness (QED) is 0.478. The van der Waals surface area contributed by atoms with E-state index in [0.29, 0.717) is 37.0 Å². The van der Waals surface area contributed by atoms with Crippen molar-refractivity contribution in [3.63, 3.8) is 0 Å². The topological polar surface area (TPSA) is 58.6 Å². The van der Waals surface area contributed by atoms with Gasteiger partial charge in [0.25, 0.3) is 0 Å². The van der Waals surface area contributed by atoms with Crippen LogP contribution in [0.1, 0.15) is 32.2 Å². The fourth-order valence-corrected chi connectivity index (χ4v) is 4.28. The summed E-state index contributed by atoms with van der Waals surface area (Å²) in [6.45, 7) is 14.0. The van der Waals surface area contributed by atoms with Crippen LogP contribution in [0.5, 0.6) is 0 Å². The van der Waals surface area contributed by atoms with E-state index < -0.39 is 5.60 Å². The van der Waals surface area contributed by atoms with E-state index in [9.17, 15) is 4.79 Å². The number of hydrogen-bond acceptors (Lipinski definition) is 5. The molecule has 0 aliphatic carbocycles. The summed E-state index contributed by atoms with van der Waals surface area (Å²) in [5, 5.41) is 1.62. The highest BCUT2D eigenvalue weighted by atomic mass is 35.5. The van der Waals surface area contributed by atoms with Crippen LogP contribution in [0, 0.1) is 6.92 Å². The zero-order valence-corrected chi connectivity index (χ0v) is 20.3. The smallest absolute Gasteiger partial charge is 0.410 e. The molecule has 1 aliphatic heterocycles. The van der Waals surface area contributed by atoms with Crippen molar-refractivity contribution < 1.29 is 9.53 Å². The third-order valence-electron chi connectivity index (χ3n) is 5.56. The highest BCUT2D eigenvalue weighted by molar-refractivity contribution is 6.33. The molecule has 4 rings (SSSR count). The van der Waals surface area contributed by atoms with Gasteiger partial charge in [0.1, 0.15) is 11.4 Å². The number of benzene rings is 2. The summed E-state index contributed by atoms with van der Waals surface area (Å²) in [6, 6.07) is 12.1. The van der Waals surface area contributed by atoms with Gasteiger partial charge in [0, 0.05) is 37.1 Å². The minimum absolute atomic E-state index is 0.270. The molecule has 2 heterocycles. The van der Waals surface area contributed by atoms with E-state index in [1.807, 2.05) is 64.1 Å². The zero-order valence-electron chi connectivity index (χ0n) is 19.6. The summed E-state index contributed by atoms with van der Waals surface area (Å²) in [6.07, 6.45) is 1.55. The first-order chi connectivity index (χ1) is 15.6. The van der Waals surface area contributed by atoms with Gasteiger partial charge in [0.15, 0.2) is 0 Å². The SMILES string of the molecule is C=Cc1ccc2nc(C)nc(-c3ccc(N4CCN(C(=O)OC(C)(C)C)CC4)c(Cl)c3)c2c1. The molecule has 1 saturated heterocycles. The molecule has 0 atom stereocenters. The van der Waals surface area contributed by atoms with Gasteiger partial charge in [-0.3, -0.25) is 0 Å². The number of rotatable bonds is 3.